The summed E-state index contributed by atoms with van der Waals surface area (Å²) in [5, 5.41) is 21.1. The quantitative estimate of drug-likeness (QED) is 0.507. The van der Waals surface area contributed by atoms with Crippen LogP contribution in [0.15, 0.2) is 70.7 Å². The van der Waals surface area contributed by atoms with E-state index in [1.807, 2.05) is 25.1 Å². The smallest absolute Gasteiger partial charge is 0.335 e. The fraction of sp³-hybridized carbons (Fsp3) is 0.0455. The highest BCUT2D eigenvalue weighted by molar-refractivity contribution is 6.09. The second-order valence-corrected chi connectivity index (χ2v) is 6.03. The zero-order valence-electron chi connectivity index (χ0n) is 15.0. The third kappa shape index (κ3) is 4.17. The number of furan rings is 1. The van der Waals surface area contributed by atoms with Crippen molar-refractivity contribution in [3.63, 3.8) is 0 Å². The molecular formula is C22H16N2O4. The molecule has 0 saturated heterocycles. The van der Waals surface area contributed by atoms with E-state index in [1.165, 1.54) is 18.2 Å². The highest BCUT2D eigenvalue weighted by atomic mass is 16.4. The zero-order valence-corrected chi connectivity index (χ0v) is 15.0. The molecule has 6 heteroatoms. The maximum atomic E-state index is 12.4. The predicted octanol–water partition coefficient (Wildman–Crippen LogP) is 4.50. The van der Waals surface area contributed by atoms with E-state index < -0.39 is 11.9 Å². The van der Waals surface area contributed by atoms with Crippen LogP contribution in [0.25, 0.3) is 17.4 Å². The Morgan fingerprint density at radius 2 is 1.89 bits per heavy atom. The Labute approximate surface area is 161 Å². The molecule has 1 aromatic heterocycles. The zero-order chi connectivity index (χ0) is 20.1. The van der Waals surface area contributed by atoms with Crippen molar-refractivity contribution in [3.05, 3.63) is 83.1 Å². The molecule has 0 saturated carbocycles. The van der Waals surface area contributed by atoms with Gasteiger partial charge in [-0.15, -0.1) is 0 Å². The van der Waals surface area contributed by atoms with Crippen molar-refractivity contribution in [2.75, 3.05) is 5.32 Å². The van der Waals surface area contributed by atoms with E-state index in [1.54, 1.807) is 36.4 Å². The van der Waals surface area contributed by atoms with E-state index in [4.69, 9.17) is 9.52 Å². The Bertz CT molecular complexity index is 1120. The predicted molar refractivity (Wildman–Crippen MR) is 105 cm³/mol. The summed E-state index contributed by atoms with van der Waals surface area (Å²) in [6, 6.07) is 18.7. The van der Waals surface area contributed by atoms with Crippen molar-refractivity contribution >= 4 is 23.6 Å². The second-order valence-electron chi connectivity index (χ2n) is 6.03. The lowest BCUT2D eigenvalue weighted by atomic mass is 10.1. The first-order valence-electron chi connectivity index (χ1n) is 8.40. The highest BCUT2D eigenvalue weighted by Crippen LogP contribution is 2.24. The van der Waals surface area contributed by atoms with Crippen molar-refractivity contribution < 1.29 is 19.1 Å². The SMILES string of the molecule is Cc1ccccc1NC(=O)C(C#N)=Cc1ccc(-c2cccc(C(=O)O)c2)o1. The lowest BCUT2D eigenvalue weighted by molar-refractivity contribution is -0.112. The van der Waals surface area contributed by atoms with Gasteiger partial charge in [0.2, 0.25) is 0 Å². The molecule has 0 atom stereocenters. The molecule has 3 aromatic rings. The van der Waals surface area contributed by atoms with Crippen LogP contribution in [0.2, 0.25) is 0 Å². The van der Waals surface area contributed by atoms with Crippen molar-refractivity contribution in [2.45, 2.75) is 6.92 Å². The number of nitrogens with one attached hydrogen (secondary N) is 1. The minimum absolute atomic E-state index is 0.108. The maximum absolute atomic E-state index is 12.4. The Morgan fingerprint density at radius 1 is 1.11 bits per heavy atom. The Kier molecular flexibility index (Phi) is 5.38. The van der Waals surface area contributed by atoms with Crippen molar-refractivity contribution in [2.24, 2.45) is 0 Å². The fourth-order valence-corrected chi connectivity index (χ4v) is 2.58. The minimum Gasteiger partial charge on any atom is -0.478 e. The molecule has 6 nitrogen and oxygen atoms in total. The van der Waals surface area contributed by atoms with Crippen LogP contribution >= 0.6 is 0 Å². The maximum Gasteiger partial charge on any atom is 0.335 e. The second kappa shape index (κ2) is 8.06. The number of rotatable bonds is 5. The normalized spacial score (nSPS) is 10.9. The molecule has 3 rings (SSSR count). The van der Waals surface area contributed by atoms with E-state index in [-0.39, 0.29) is 11.1 Å². The van der Waals surface area contributed by atoms with Gasteiger partial charge in [-0.2, -0.15) is 5.26 Å². The number of carboxylic acids is 1. The number of nitriles is 1. The lowest BCUT2D eigenvalue weighted by Crippen LogP contribution is -2.14. The molecule has 138 valence electrons. The van der Waals surface area contributed by atoms with Crippen LogP contribution < -0.4 is 5.32 Å². The van der Waals surface area contributed by atoms with Gasteiger partial charge in [-0.1, -0.05) is 30.3 Å². The molecule has 0 radical (unpaired) electrons. The van der Waals surface area contributed by atoms with Gasteiger partial charge in [-0.3, -0.25) is 4.79 Å². The number of aryl methyl sites for hydroxylation is 1. The Balaban J connectivity index is 1.83. The topological polar surface area (TPSA) is 103 Å². The third-order valence-corrected chi connectivity index (χ3v) is 4.07. The molecule has 2 aromatic carbocycles. The van der Waals surface area contributed by atoms with E-state index in [9.17, 15) is 14.9 Å². The standard InChI is InChI=1S/C22H16N2O4/c1-14-5-2-3-8-19(14)24-21(25)17(13-23)12-18-9-10-20(28-18)15-6-4-7-16(11-15)22(26)27/h2-12H,1H3,(H,24,25)(H,26,27). The number of carbonyl (C=O) groups excluding carboxylic acids is 1. The largest absolute Gasteiger partial charge is 0.478 e. The first-order valence-corrected chi connectivity index (χ1v) is 8.40. The van der Waals surface area contributed by atoms with E-state index in [0.717, 1.165) is 5.56 Å². The van der Waals surface area contributed by atoms with Gasteiger partial charge in [0.1, 0.15) is 23.2 Å². The highest BCUT2D eigenvalue weighted by Gasteiger charge is 2.13. The molecule has 0 aliphatic heterocycles. The number of nitrogens with zero attached hydrogens (tertiary/aromatic N) is 1. The molecule has 0 unspecified atom stereocenters. The van der Waals surface area contributed by atoms with Crippen LogP contribution in [0.5, 0.6) is 0 Å². The number of benzene rings is 2. The van der Waals surface area contributed by atoms with Gasteiger partial charge < -0.3 is 14.8 Å². The van der Waals surface area contributed by atoms with Crippen LogP contribution in [0.3, 0.4) is 0 Å². The summed E-state index contributed by atoms with van der Waals surface area (Å²) in [7, 11) is 0. The lowest BCUT2D eigenvalue weighted by Gasteiger charge is -2.06. The number of hydrogen-bond acceptors (Lipinski definition) is 4. The monoisotopic (exact) mass is 372 g/mol. The Morgan fingerprint density at radius 3 is 2.61 bits per heavy atom. The van der Waals surface area contributed by atoms with Crippen molar-refractivity contribution in [1.29, 1.82) is 5.26 Å². The number of hydrogen-bond donors (Lipinski definition) is 2. The molecule has 0 aliphatic carbocycles. The van der Waals surface area contributed by atoms with E-state index in [2.05, 4.69) is 5.32 Å². The molecule has 0 spiro atoms. The number of aromatic carboxylic acids is 1. The van der Waals surface area contributed by atoms with Gasteiger partial charge in [0, 0.05) is 17.3 Å². The summed E-state index contributed by atoms with van der Waals surface area (Å²) < 4.78 is 5.66. The first kappa shape index (κ1) is 18.7. The summed E-state index contributed by atoms with van der Waals surface area (Å²) in [6.07, 6.45) is 1.35. The van der Waals surface area contributed by atoms with Gasteiger partial charge in [0.15, 0.2) is 0 Å². The van der Waals surface area contributed by atoms with Gasteiger partial charge in [0.05, 0.1) is 5.56 Å². The van der Waals surface area contributed by atoms with Crippen LogP contribution in [0.4, 0.5) is 5.69 Å². The average molecular weight is 372 g/mol. The number of amides is 1. The molecule has 0 fully saturated rings. The van der Waals surface area contributed by atoms with Crippen LogP contribution in [-0.2, 0) is 4.79 Å². The molecule has 0 bridgehead atoms. The van der Waals surface area contributed by atoms with Gasteiger partial charge in [-0.25, -0.2) is 4.79 Å². The molecule has 2 N–H and O–H groups in total. The van der Waals surface area contributed by atoms with Gasteiger partial charge >= 0.3 is 5.97 Å². The molecule has 1 heterocycles. The minimum atomic E-state index is -1.03. The summed E-state index contributed by atoms with van der Waals surface area (Å²) >= 11 is 0. The van der Waals surface area contributed by atoms with Crippen LogP contribution in [0.1, 0.15) is 21.7 Å². The molecule has 1 amide bonds. The average Bonchev–Trinajstić information content (AvgIpc) is 3.16. The number of anilines is 1. The van der Waals surface area contributed by atoms with Crippen molar-refractivity contribution in [1.82, 2.24) is 0 Å². The van der Waals surface area contributed by atoms with Crippen LogP contribution in [0, 0.1) is 18.3 Å². The Hall–Kier alpha value is -4.11. The summed E-state index contributed by atoms with van der Waals surface area (Å²) in [4.78, 5) is 23.5. The van der Waals surface area contributed by atoms with Gasteiger partial charge in [0.25, 0.3) is 5.91 Å². The number of carbonyl (C=O) groups is 2. The number of carboxylic acid groups (broad SMARTS) is 1. The van der Waals surface area contributed by atoms with Gasteiger partial charge in [-0.05, 0) is 42.8 Å². The first-order chi connectivity index (χ1) is 13.5. The van der Waals surface area contributed by atoms with Crippen LogP contribution in [-0.4, -0.2) is 17.0 Å². The fourth-order valence-electron chi connectivity index (χ4n) is 2.58. The third-order valence-electron chi connectivity index (χ3n) is 4.07. The summed E-state index contributed by atoms with van der Waals surface area (Å²) in [6.45, 7) is 1.86. The molecular weight excluding hydrogens is 356 g/mol. The van der Waals surface area contributed by atoms with Crippen molar-refractivity contribution in [3.8, 4) is 17.4 Å². The molecule has 28 heavy (non-hydrogen) atoms. The number of para-hydroxylation sites is 1. The summed E-state index contributed by atoms with van der Waals surface area (Å²) in [5.74, 6) is -0.825. The van der Waals surface area contributed by atoms with E-state index in [0.29, 0.717) is 22.8 Å². The van der Waals surface area contributed by atoms with E-state index >= 15 is 0 Å². The summed E-state index contributed by atoms with van der Waals surface area (Å²) in [5.41, 5.74) is 2.12. The molecule has 0 aliphatic rings.